The fourth-order valence-electron chi connectivity index (χ4n) is 3.97. The van der Waals surface area contributed by atoms with Crippen LogP contribution in [0.5, 0.6) is 0 Å². The molecular weight excluding hydrogens is 636 g/mol. The molecule has 0 rings (SSSR count). The van der Waals surface area contributed by atoms with Crippen LogP contribution in [-0.2, 0) is 28.7 Å². The van der Waals surface area contributed by atoms with E-state index < -0.39 is 58.5 Å². The molecule has 0 fully saturated rings. The van der Waals surface area contributed by atoms with Gasteiger partial charge in [-0.15, -0.1) is 13.2 Å². The number of hydrogen-bond donors (Lipinski definition) is 5. The van der Waals surface area contributed by atoms with E-state index in [9.17, 15) is 39.3 Å². The number of amides is 2. The fourth-order valence-corrected chi connectivity index (χ4v) is 4.09. The summed E-state index contributed by atoms with van der Waals surface area (Å²) in [6.07, 6.45) is 5.01. The molecule has 0 heterocycles. The predicted octanol–water partition coefficient (Wildman–Crippen LogP) is 6.52. The Morgan fingerprint density at radius 1 is 0.917 bits per heavy atom. The van der Waals surface area contributed by atoms with Gasteiger partial charge >= 0.3 is 17.9 Å². The monoisotopic (exact) mass is 702 g/mol. The van der Waals surface area contributed by atoms with Crippen LogP contribution in [0.3, 0.4) is 0 Å². The minimum atomic E-state index is -1.27. The molecule has 4 atom stereocenters. The van der Waals surface area contributed by atoms with Crippen molar-refractivity contribution in [3.8, 4) is 0 Å². The Labute approximate surface area is 295 Å². The van der Waals surface area contributed by atoms with Crippen LogP contribution in [0.4, 0.5) is 0 Å². The number of rotatable bonds is 19. The van der Waals surface area contributed by atoms with Crippen molar-refractivity contribution in [3.05, 3.63) is 36.8 Å². The normalized spacial score (nSPS) is 13.9. The Hall–Kier alpha value is -3.12. The van der Waals surface area contributed by atoms with E-state index >= 15 is 0 Å². The summed E-state index contributed by atoms with van der Waals surface area (Å²) in [5, 5.41) is 33.5. The van der Waals surface area contributed by atoms with Gasteiger partial charge in [0.15, 0.2) is 0 Å². The van der Waals surface area contributed by atoms with E-state index in [1.165, 1.54) is 22.8 Å². The second-order valence-electron chi connectivity index (χ2n) is 12.0. The van der Waals surface area contributed by atoms with Gasteiger partial charge in [0.05, 0.1) is 17.3 Å². The second kappa shape index (κ2) is 30.0. The molecule has 0 aliphatic heterocycles. The summed E-state index contributed by atoms with van der Waals surface area (Å²) in [7, 11) is 0. The summed E-state index contributed by atoms with van der Waals surface area (Å²) < 4.78 is 5.41. The van der Waals surface area contributed by atoms with Gasteiger partial charge in [-0.2, -0.15) is 12.6 Å². The Morgan fingerprint density at radius 2 is 1.40 bits per heavy atom. The van der Waals surface area contributed by atoms with Crippen molar-refractivity contribution in [1.29, 1.82) is 0 Å². The van der Waals surface area contributed by atoms with Crippen molar-refractivity contribution >= 4 is 42.4 Å². The van der Waals surface area contributed by atoms with Crippen LogP contribution in [0, 0.1) is 22.7 Å². The first-order valence-electron chi connectivity index (χ1n) is 16.7. The van der Waals surface area contributed by atoms with Crippen molar-refractivity contribution in [1.82, 2.24) is 10.2 Å². The van der Waals surface area contributed by atoms with E-state index in [1.54, 1.807) is 26.0 Å². The van der Waals surface area contributed by atoms with Gasteiger partial charge in [-0.3, -0.25) is 24.0 Å². The number of aliphatic hydroxyl groups excluding tert-OH is 1. The lowest BCUT2D eigenvalue weighted by molar-refractivity contribution is -0.165. The molecule has 4 unspecified atom stereocenters. The maximum absolute atomic E-state index is 13.1. The first-order chi connectivity index (χ1) is 22.4. The van der Waals surface area contributed by atoms with Crippen LogP contribution in [-0.4, -0.2) is 82.3 Å². The van der Waals surface area contributed by atoms with Crippen LogP contribution >= 0.6 is 12.6 Å². The standard InChI is InChI=1S/C29H48N2O9S.C3H8.C2H6.C2H4/c1-7-9-11-20(25(35)36)16-23(33)30-13-14-31(24(34)17-21(26(37)38)12-10-15-41)18-22(32)19-40-27(39)29(6,8-2)28(3,4)5;1-3-2;2*1-2/h7,9-10,15,20-22,32,41H,8,11-14,16-19H2,1-6H3,(H,30,33)(H,35,36)(H,37,38);3H2,1-2H3;1-2H3;1-2H2/b9-7+,15-10+;;;. The van der Waals surface area contributed by atoms with E-state index in [4.69, 9.17) is 4.74 Å². The van der Waals surface area contributed by atoms with E-state index in [1.807, 2.05) is 41.5 Å². The smallest absolute Gasteiger partial charge is 0.312 e. The zero-order chi connectivity index (χ0) is 38.5. The van der Waals surface area contributed by atoms with E-state index in [-0.39, 0.29) is 51.9 Å². The van der Waals surface area contributed by atoms with Crippen LogP contribution in [0.15, 0.2) is 36.8 Å². The van der Waals surface area contributed by atoms with Crippen LogP contribution in [0.1, 0.15) is 108 Å². The van der Waals surface area contributed by atoms with Crippen LogP contribution in [0.2, 0.25) is 0 Å². The average molecular weight is 703 g/mol. The molecule has 2 amide bonds. The van der Waals surface area contributed by atoms with Gasteiger partial charge in [0.2, 0.25) is 11.8 Å². The number of carbonyl (C=O) groups is 5. The SMILES string of the molecule is C/C=C/CC(CC(=O)NCCN(CC(O)COC(=O)C(C)(CC)C(C)(C)C)C(=O)CC(C/C=C/S)C(=O)O)C(=O)O.C=C.CC.CCC. The molecule has 0 aromatic rings. The first-order valence-corrected chi connectivity index (χ1v) is 17.2. The number of thiol groups is 1. The zero-order valence-electron chi connectivity index (χ0n) is 31.2. The molecule has 0 bridgehead atoms. The summed E-state index contributed by atoms with van der Waals surface area (Å²) in [6.45, 7) is 24.6. The molecule has 0 spiro atoms. The predicted molar refractivity (Wildman–Crippen MR) is 197 cm³/mol. The Kier molecular flexibility index (Phi) is 32.3. The molecular formula is C36H66N2O9S. The van der Waals surface area contributed by atoms with Gasteiger partial charge in [0, 0.05) is 32.5 Å². The second-order valence-corrected chi connectivity index (χ2v) is 12.3. The number of esters is 1. The number of nitrogens with one attached hydrogen (secondary N) is 1. The molecule has 48 heavy (non-hydrogen) atoms. The van der Waals surface area contributed by atoms with E-state index in [0.717, 1.165) is 0 Å². The molecule has 0 aliphatic rings. The summed E-state index contributed by atoms with van der Waals surface area (Å²) in [4.78, 5) is 62.6. The minimum Gasteiger partial charge on any atom is -0.481 e. The van der Waals surface area contributed by atoms with Crippen molar-refractivity contribution in [2.24, 2.45) is 22.7 Å². The number of allylic oxidation sites excluding steroid dienone is 3. The number of carbonyl (C=O) groups excluding carboxylic acids is 3. The van der Waals surface area contributed by atoms with Gasteiger partial charge < -0.3 is 30.3 Å². The number of aliphatic hydroxyl groups is 1. The molecule has 0 saturated carbocycles. The largest absolute Gasteiger partial charge is 0.481 e. The highest BCUT2D eigenvalue weighted by Gasteiger charge is 2.44. The van der Waals surface area contributed by atoms with Gasteiger partial charge in [0.25, 0.3) is 0 Å². The lowest BCUT2D eigenvalue weighted by atomic mass is 9.66. The van der Waals surface area contributed by atoms with Crippen LogP contribution < -0.4 is 5.32 Å². The number of hydrogen-bond acceptors (Lipinski definition) is 8. The number of carboxylic acid groups (broad SMARTS) is 2. The van der Waals surface area contributed by atoms with Gasteiger partial charge in [-0.05, 0) is 43.9 Å². The molecule has 280 valence electrons. The van der Waals surface area contributed by atoms with Crippen molar-refractivity contribution in [2.45, 2.75) is 114 Å². The number of aliphatic carboxylic acids is 2. The molecule has 0 aliphatic carbocycles. The lowest BCUT2D eigenvalue weighted by Crippen LogP contribution is -2.46. The highest BCUT2D eigenvalue weighted by molar-refractivity contribution is 7.83. The van der Waals surface area contributed by atoms with Gasteiger partial charge in [-0.1, -0.05) is 80.0 Å². The molecule has 0 aromatic heterocycles. The van der Waals surface area contributed by atoms with Crippen molar-refractivity contribution in [2.75, 3.05) is 26.2 Å². The quantitative estimate of drug-likeness (QED) is 0.0571. The van der Waals surface area contributed by atoms with E-state index in [0.29, 0.717) is 6.42 Å². The highest BCUT2D eigenvalue weighted by atomic mass is 32.1. The summed E-state index contributed by atoms with van der Waals surface area (Å²) in [6, 6.07) is 0. The Bertz CT molecular complexity index is 979. The Morgan fingerprint density at radius 3 is 1.81 bits per heavy atom. The summed E-state index contributed by atoms with van der Waals surface area (Å²) >= 11 is 3.92. The molecule has 4 N–H and O–H groups in total. The zero-order valence-corrected chi connectivity index (χ0v) is 32.1. The molecule has 0 aromatic carbocycles. The topological polar surface area (TPSA) is 171 Å². The van der Waals surface area contributed by atoms with Crippen molar-refractivity contribution < 1.29 is 44.0 Å². The molecule has 12 heteroatoms. The number of carboxylic acids is 2. The maximum atomic E-state index is 13.1. The minimum absolute atomic E-state index is 0.0563. The van der Waals surface area contributed by atoms with Crippen LogP contribution in [0.25, 0.3) is 0 Å². The maximum Gasteiger partial charge on any atom is 0.312 e. The lowest BCUT2D eigenvalue weighted by Gasteiger charge is -2.39. The third kappa shape index (κ3) is 22.4. The fraction of sp³-hybridized carbons (Fsp3) is 0.694. The molecule has 11 nitrogen and oxygen atoms in total. The first kappa shape index (κ1) is 51.7. The summed E-state index contributed by atoms with van der Waals surface area (Å²) in [5.41, 5.74) is -1.20. The number of ether oxygens (including phenoxy) is 1. The number of nitrogens with zero attached hydrogens (tertiary/aromatic N) is 1. The van der Waals surface area contributed by atoms with Gasteiger partial charge in [-0.25, -0.2) is 0 Å². The summed E-state index contributed by atoms with van der Waals surface area (Å²) in [5.74, 6) is -5.78. The van der Waals surface area contributed by atoms with Gasteiger partial charge in [0.1, 0.15) is 12.7 Å². The Balaban J connectivity index is -0.00000128. The van der Waals surface area contributed by atoms with Crippen molar-refractivity contribution in [3.63, 3.8) is 0 Å². The molecule has 0 saturated heterocycles. The third-order valence-corrected chi connectivity index (χ3v) is 7.65. The molecule has 0 radical (unpaired) electrons. The van der Waals surface area contributed by atoms with E-state index in [2.05, 4.69) is 45.0 Å². The highest BCUT2D eigenvalue weighted by Crippen LogP contribution is 2.42. The third-order valence-electron chi connectivity index (χ3n) is 7.44. The average Bonchev–Trinajstić information content (AvgIpc) is 3.04.